The van der Waals surface area contributed by atoms with Gasteiger partial charge < -0.3 is 5.11 Å². The molecule has 9 nitrogen and oxygen atoms in total. The van der Waals surface area contributed by atoms with E-state index in [-0.39, 0.29) is 16.7 Å². The summed E-state index contributed by atoms with van der Waals surface area (Å²) in [7, 11) is 1.42. The molecule has 0 aliphatic heterocycles. The van der Waals surface area contributed by atoms with Crippen molar-refractivity contribution in [1.82, 2.24) is 9.99 Å². The summed E-state index contributed by atoms with van der Waals surface area (Å²) in [5.74, 6) is -1.05. The Morgan fingerprint density at radius 1 is 1.81 bits per heavy atom. The molecule has 86 valence electrons. The second-order valence-corrected chi connectivity index (χ2v) is 3.62. The Balaban J connectivity index is 2.62. The predicted molar refractivity (Wildman–Crippen MR) is 53.6 cm³/mol. The molecule has 0 radical (unpaired) electrons. The highest BCUT2D eigenvalue weighted by atomic mass is 32.1. The van der Waals surface area contributed by atoms with Crippen molar-refractivity contribution in [2.45, 2.75) is 0 Å². The fraction of sp³-hybridized carbons (Fsp3) is 0.333. The van der Waals surface area contributed by atoms with E-state index in [1.165, 1.54) is 7.05 Å². The number of nitro groups is 1. The Labute approximate surface area is 93.2 Å². The number of hydrogen-bond donors (Lipinski definition) is 1. The van der Waals surface area contributed by atoms with Gasteiger partial charge in [0.05, 0.1) is 4.92 Å². The first-order valence-corrected chi connectivity index (χ1v) is 4.75. The highest BCUT2D eigenvalue weighted by molar-refractivity contribution is 7.18. The number of aliphatic carboxylic acids is 1. The number of carbonyl (C=O) groups is 1. The summed E-state index contributed by atoms with van der Waals surface area (Å²) >= 11 is 0.757. The van der Waals surface area contributed by atoms with E-state index >= 15 is 0 Å². The Morgan fingerprint density at radius 2 is 2.50 bits per heavy atom. The summed E-state index contributed by atoms with van der Waals surface area (Å²) in [5, 5.41) is 26.8. The third kappa shape index (κ3) is 3.57. The van der Waals surface area contributed by atoms with Gasteiger partial charge in [0.25, 0.3) is 0 Å². The van der Waals surface area contributed by atoms with Gasteiger partial charge in [-0.05, 0) is 11.3 Å². The first-order chi connectivity index (χ1) is 7.49. The van der Waals surface area contributed by atoms with E-state index in [0.717, 1.165) is 22.5 Å². The molecular formula is C6H7N5O4S. The largest absolute Gasteiger partial charge is 0.480 e. The van der Waals surface area contributed by atoms with Gasteiger partial charge in [-0.2, -0.15) is 0 Å². The molecule has 0 fully saturated rings. The predicted octanol–water partition coefficient (Wildman–Crippen LogP) is 1.07. The van der Waals surface area contributed by atoms with Crippen molar-refractivity contribution >= 4 is 27.4 Å². The second-order valence-electron chi connectivity index (χ2n) is 2.64. The van der Waals surface area contributed by atoms with Gasteiger partial charge in [0, 0.05) is 7.05 Å². The molecule has 0 amide bonds. The zero-order chi connectivity index (χ0) is 12.1. The van der Waals surface area contributed by atoms with Crippen molar-refractivity contribution in [1.29, 1.82) is 0 Å². The van der Waals surface area contributed by atoms with Crippen molar-refractivity contribution in [2.24, 2.45) is 10.3 Å². The van der Waals surface area contributed by atoms with Crippen LogP contribution in [0, 0.1) is 10.1 Å². The molecule has 1 N–H and O–H groups in total. The molecule has 1 aromatic heterocycles. The standard InChI is InChI=1S/C6H7N5O4S/c1-10(3-5(12)13)9-8-6-7-2-4(16-6)11(14)15/h2H,3H2,1H3,(H,12,13). The molecular weight excluding hydrogens is 238 g/mol. The Kier molecular flexibility index (Phi) is 3.83. The van der Waals surface area contributed by atoms with Crippen LogP contribution in [0.4, 0.5) is 10.1 Å². The first-order valence-electron chi connectivity index (χ1n) is 3.94. The monoisotopic (exact) mass is 245 g/mol. The molecule has 0 spiro atoms. The number of likely N-dealkylation sites (N-methyl/N-ethyl adjacent to an activating group) is 1. The van der Waals surface area contributed by atoms with Gasteiger partial charge >= 0.3 is 11.0 Å². The van der Waals surface area contributed by atoms with E-state index in [1.54, 1.807) is 0 Å². The molecule has 0 aromatic carbocycles. The maximum atomic E-state index is 10.3. The van der Waals surface area contributed by atoms with Crippen molar-refractivity contribution < 1.29 is 14.8 Å². The van der Waals surface area contributed by atoms with Crippen LogP contribution in [0.15, 0.2) is 16.5 Å². The Morgan fingerprint density at radius 3 is 3.00 bits per heavy atom. The van der Waals surface area contributed by atoms with Gasteiger partial charge in [-0.1, -0.05) is 5.22 Å². The SMILES string of the molecule is CN(CC(=O)O)N=Nc1ncc([N+](=O)[O-])s1. The zero-order valence-corrected chi connectivity index (χ0v) is 8.92. The summed E-state index contributed by atoms with van der Waals surface area (Å²) in [6.07, 6.45) is 1.07. The number of rotatable bonds is 5. The lowest BCUT2D eigenvalue weighted by Gasteiger charge is -2.05. The number of carboxylic acids is 1. The highest BCUT2D eigenvalue weighted by Gasteiger charge is 2.11. The smallest absolute Gasteiger partial charge is 0.345 e. The van der Waals surface area contributed by atoms with Crippen molar-refractivity contribution in [2.75, 3.05) is 13.6 Å². The fourth-order valence-electron chi connectivity index (χ4n) is 0.729. The highest BCUT2D eigenvalue weighted by Crippen LogP contribution is 2.27. The van der Waals surface area contributed by atoms with Gasteiger partial charge in [-0.25, -0.2) is 4.98 Å². The third-order valence-electron chi connectivity index (χ3n) is 1.31. The number of hydrogen-bond acceptors (Lipinski definition) is 7. The molecule has 1 aromatic rings. The fourth-order valence-corrected chi connectivity index (χ4v) is 1.28. The lowest BCUT2D eigenvalue weighted by molar-refractivity contribution is -0.380. The van der Waals surface area contributed by atoms with Crippen molar-refractivity contribution in [3.8, 4) is 0 Å². The molecule has 0 saturated carbocycles. The summed E-state index contributed by atoms with van der Waals surface area (Å²) in [4.78, 5) is 23.6. The van der Waals surface area contributed by atoms with Crippen LogP contribution in [-0.4, -0.2) is 39.6 Å². The lowest BCUT2D eigenvalue weighted by atomic mass is 10.7. The average Bonchev–Trinajstić information content (AvgIpc) is 2.61. The molecule has 1 rings (SSSR count). The molecule has 10 heteroatoms. The zero-order valence-electron chi connectivity index (χ0n) is 8.10. The second kappa shape index (κ2) is 5.11. The van der Waals surface area contributed by atoms with Gasteiger partial charge in [-0.15, -0.1) is 5.11 Å². The van der Waals surface area contributed by atoms with E-state index in [1.807, 2.05) is 0 Å². The number of carboxylic acid groups (broad SMARTS) is 1. The maximum Gasteiger partial charge on any atom is 0.345 e. The van der Waals surface area contributed by atoms with Gasteiger partial charge in [-0.3, -0.25) is 19.9 Å². The van der Waals surface area contributed by atoms with Crippen LogP contribution in [0.5, 0.6) is 0 Å². The average molecular weight is 245 g/mol. The molecule has 0 aliphatic carbocycles. The minimum Gasteiger partial charge on any atom is -0.480 e. The molecule has 0 atom stereocenters. The minimum absolute atomic E-state index is 0.101. The summed E-state index contributed by atoms with van der Waals surface area (Å²) in [5.41, 5.74) is 0. The number of nitrogens with zero attached hydrogens (tertiary/aromatic N) is 5. The third-order valence-corrected chi connectivity index (χ3v) is 2.14. The Hall–Kier alpha value is -2.10. The number of thiazole rings is 1. The topological polar surface area (TPSA) is 121 Å². The van der Waals surface area contributed by atoms with Gasteiger partial charge in [0.2, 0.25) is 5.13 Å². The van der Waals surface area contributed by atoms with Crippen molar-refractivity contribution in [3.05, 3.63) is 16.3 Å². The molecule has 0 bridgehead atoms. The number of aromatic nitrogens is 1. The van der Waals surface area contributed by atoms with Crippen LogP contribution in [0.3, 0.4) is 0 Å². The molecule has 1 heterocycles. The molecule has 0 saturated heterocycles. The maximum absolute atomic E-state index is 10.3. The van der Waals surface area contributed by atoms with Crippen LogP contribution >= 0.6 is 11.3 Å². The molecule has 0 unspecified atom stereocenters. The summed E-state index contributed by atoms with van der Waals surface area (Å²) < 4.78 is 0. The van der Waals surface area contributed by atoms with E-state index < -0.39 is 10.9 Å². The van der Waals surface area contributed by atoms with E-state index in [0.29, 0.717) is 0 Å². The molecule has 16 heavy (non-hydrogen) atoms. The summed E-state index contributed by atoms with van der Waals surface area (Å²) in [6.45, 7) is -0.309. The van der Waals surface area contributed by atoms with E-state index in [9.17, 15) is 14.9 Å². The van der Waals surface area contributed by atoms with Crippen LogP contribution < -0.4 is 0 Å². The first kappa shape index (κ1) is 12.0. The van der Waals surface area contributed by atoms with Crippen LogP contribution in [-0.2, 0) is 4.79 Å². The van der Waals surface area contributed by atoms with E-state index in [2.05, 4.69) is 15.3 Å². The van der Waals surface area contributed by atoms with Gasteiger partial charge in [0.1, 0.15) is 12.7 Å². The lowest BCUT2D eigenvalue weighted by Crippen LogP contribution is -2.19. The minimum atomic E-state index is -1.05. The summed E-state index contributed by atoms with van der Waals surface area (Å²) in [6, 6.07) is 0. The normalized spacial score (nSPS) is 10.6. The van der Waals surface area contributed by atoms with Crippen LogP contribution in [0.2, 0.25) is 0 Å². The molecule has 0 aliphatic rings. The van der Waals surface area contributed by atoms with Gasteiger partial charge in [0.15, 0.2) is 0 Å². The van der Waals surface area contributed by atoms with Crippen LogP contribution in [0.25, 0.3) is 0 Å². The van der Waals surface area contributed by atoms with Crippen molar-refractivity contribution in [3.63, 3.8) is 0 Å². The Bertz CT molecular complexity index is 430. The quantitative estimate of drug-likeness (QED) is 0.470. The van der Waals surface area contributed by atoms with Crippen LogP contribution in [0.1, 0.15) is 0 Å². The van der Waals surface area contributed by atoms with E-state index in [4.69, 9.17) is 5.11 Å².